The lowest BCUT2D eigenvalue weighted by molar-refractivity contribution is 0.161. The van der Waals surface area contributed by atoms with E-state index >= 15 is 0 Å². The van der Waals surface area contributed by atoms with Crippen LogP contribution < -0.4 is 5.73 Å². The molecular formula is C14H22N2. The summed E-state index contributed by atoms with van der Waals surface area (Å²) >= 11 is 0. The van der Waals surface area contributed by atoms with Gasteiger partial charge in [0.1, 0.15) is 0 Å². The predicted molar refractivity (Wildman–Crippen MR) is 68.3 cm³/mol. The molecule has 1 aliphatic rings. The molecule has 1 fully saturated rings. The van der Waals surface area contributed by atoms with Crippen LogP contribution in [0.1, 0.15) is 30.4 Å². The Morgan fingerprint density at radius 2 is 2.12 bits per heavy atom. The first-order chi connectivity index (χ1) is 7.57. The van der Waals surface area contributed by atoms with Gasteiger partial charge in [-0.05, 0) is 38.8 Å². The fourth-order valence-electron chi connectivity index (χ4n) is 2.50. The van der Waals surface area contributed by atoms with Crippen molar-refractivity contribution in [2.24, 2.45) is 5.73 Å². The molecule has 88 valence electrons. The van der Waals surface area contributed by atoms with Gasteiger partial charge in [-0.3, -0.25) is 0 Å². The van der Waals surface area contributed by atoms with Gasteiger partial charge in [-0.15, -0.1) is 0 Å². The Balaban J connectivity index is 1.89. The Morgan fingerprint density at radius 3 is 2.69 bits per heavy atom. The van der Waals surface area contributed by atoms with Gasteiger partial charge in [-0.25, -0.2) is 0 Å². The van der Waals surface area contributed by atoms with Crippen molar-refractivity contribution in [3.63, 3.8) is 0 Å². The van der Waals surface area contributed by atoms with Crippen LogP contribution >= 0.6 is 0 Å². The number of hydrogen-bond acceptors (Lipinski definition) is 2. The first-order valence-electron chi connectivity index (χ1n) is 6.10. The molecule has 0 aliphatic heterocycles. The van der Waals surface area contributed by atoms with Crippen LogP contribution in [0.5, 0.6) is 0 Å². The third-order valence-corrected chi connectivity index (χ3v) is 3.47. The Bertz CT molecular complexity index is 356. The van der Waals surface area contributed by atoms with Gasteiger partial charge in [0.2, 0.25) is 0 Å². The van der Waals surface area contributed by atoms with E-state index in [2.05, 4.69) is 43.1 Å². The van der Waals surface area contributed by atoms with E-state index in [1.807, 2.05) is 0 Å². The summed E-state index contributed by atoms with van der Waals surface area (Å²) in [6.45, 7) is 4.15. The number of likely N-dealkylation sites (N-methyl/N-ethyl adjacent to an activating group) is 1. The van der Waals surface area contributed by atoms with Crippen molar-refractivity contribution in [1.29, 1.82) is 0 Å². The number of aryl methyl sites for hydroxylation is 1. The quantitative estimate of drug-likeness (QED) is 0.840. The molecule has 1 aliphatic carbocycles. The van der Waals surface area contributed by atoms with E-state index in [0.717, 1.165) is 13.1 Å². The van der Waals surface area contributed by atoms with Gasteiger partial charge in [0.25, 0.3) is 0 Å². The van der Waals surface area contributed by atoms with Gasteiger partial charge in [-0.2, -0.15) is 0 Å². The van der Waals surface area contributed by atoms with E-state index in [4.69, 9.17) is 5.73 Å². The number of nitrogens with two attached hydrogens (primary N) is 1. The molecule has 0 atom stereocenters. The standard InChI is InChI=1S/C14H22N2/c1-12-5-3-6-13(9-12)10-16(2)11-14(15)7-4-8-14/h3,5-6,9H,4,7-8,10-11,15H2,1-2H3. The minimum atomic E-state index is 0.0958. The maximum atomic E-state index is 6.25. The van der Waals surface area contributed by atoms with Crippen LogP contribution in [0, 0.1) is 6.92 Å². The molecule has 1 saturated carbocycles. The van der Waals surface area contributed by atoms with Crippen LogP contribution in [0.3, 0.4) is 0 Å². The third kappa shape index (κ3) is 2.83. The SMILES string of the molecule is Cc1cccc(CN(C)CC2(N)CCC2)c1. The summed E-state index contributed by atoms with van der Waals surface area (Å²) in [6.07, 6.45) is 3.67. The number of hydrogen-bond donors (Lipinski definition) is 1. The molecule has 2 rings (SSSR count). The second-order valence-corrected chi connectivity index (χ2v) is 5.38. The molecule has 0 amide bonds. The molecule has 0 spiro atoms. The molecule has 2 N–H and O–H groups in total. The van der Waals surface area contributed by atoms with Crippen molar-refractivity contribution in [3.8, 4) is 0 Å². The summed E-state index contributed by atoms with van der Waals surface area (Å²) in [5.74, 6) is 0. The van der Waals surface area contributed by atoms with Gasteiger partial charge in [0.15, 0.2) is 0 Å². The Hall–Kier alpha value is -0.860. The lowest BCUT2D eigenvalue weighted by atomic mass is 9.77. The largest absolute Gasteiger partial charge is 0.324 e. The van der Waals surface area contributed by atoms with Crippen molar-refractivity contribution >= 4 is 0 Å². The maximum Gasteiger partial charge on any atom is 0.0283 e. The van der Waals surface area contributed by atoms with Crippen LogP contribution in [0.4, 0.5) is 0 Å². The molecule has 0 saturated heterocycles. The molecule has 2 nitrogen and oxygen atoms in total. The molecule has 0 aromatic heterocycles. The van der Waals surface area contributed by atoms with Crippen LogP contribution in [-0.4, -0.2) is 24.0 Å². The summed E-state index contributed by atoms with van der Waals surface area (Å²) in [4.78, 5) is 2.34. The fourth-order valence-corrected chi connectivity index (χ4v) is 2.50. The Morgan fingerprint density at radius 1 is 1.38 bits per heavy atom. The van der Waals surface area contributed by atoms with Gasteiger partial charge in [0.05, 0.1) is 0 Å². The highest BCUT2D eigenvalue weighted by atomic mass is 15.1. The second-order valence-electron chi connectivity index (χ2n) is 5.38. The molecule has 1 aromatic rings. The zero-order valence-electron chi connectivity index (χ0n) is 10.4. The minimum absolute atomic E-state index is 0.0958. The molecule has 0 radical (unpaired) electrons. The summed E-state index contributed by atoms with van der Waals surface area (Å²) < 4.78 is 0. The first-order valence-corrected chi connectivity index (χ1v) is 6.10. The van der Waals surface area contributed by atoms with Gasteiger partial charge in [0, 0.05) is 18.6 Å². The molecule has 0 heterocycles. The average Bonchev–Trinajstić information content (AvgIpc) is 2.15. The molecule has 0 bridgehead atoms. The average molecular weight is 218 g/mol. The minimum Gasteiger partial charge on any atom is -0.324 e. The number of benzene rings is 1. The van der Waals surface area contributed by atoms with Crippen LogP contribution in [0.15, 0.2) is 24.3 Å². The molecule has 2 heteroatoms. The van der Waals surface area contributed by atoms with Gasteiger partial charge < -0.3 is 10.6 Å². The fraction of sp³-hybridized carbons (Fsp3) is 0.571. The summed E-state index contributed by atoms with van der Waals surface area (Å²) in [5, 5.41) is 0. The normalized spacial score (nSPS) is 18.5. The first kappa shape index (κ1) is 11.6. The van der Waals surface area contributed by atoms with E-state index in [0.29, 0.717) is 0 Å². The number of nitrogens with zero attached hydrogens (tertiary/aromatic N) is 1. The maximum absolute atomic E-state index is 6.25. The highest BCUT2D eigenvalue weighted by Gasteiger charge is 2.33. The monoisotopic (exact) mass is 218 g/mol. The van der Waals surface area contributed by atoms with Crippen LogP contribution in [0.2, 0.25) is 0 Å². The molecule has 16 heavy (non-hydrogen) atoms. The zero-order valence-corrected chi connectivity index (χ0v) is 10.4. The Kier molecular flexibility index (Phi) is 3.31. The molecule has 1 aromatic carbocycles. The van der Waals surface area contributed by atoms with E-state index in [-0.39, 0.29) is 5.54 Å². The van der Waals surface area contributed by atoms with Crippen molar-refractivity contribution in [2.45, 2.75) is 38.3 Å². The van der Waals surface area contributed by atoms with Gasteiger partial charge in [-0.1, -0.05) is 29.8 Å². The van der Waals surface area contributed by atoms with Crippen molar-refractivity contribution in [3.05, 3.63) is 35.4 Å². The van der Waals surface area contributed by atoms with Crippen LogP contribution in [-0.2, 0) is 6.54 Å². The van der Waals surface area contributed by atoms with E-state index in [1.165, 1.54) is 30.4 Å². The molecule has 0 unspecified atom stereocenters. The highest BCUT2D eigenvalue weighted by Crippen LogP contribution is 2.29. The predicted octanol–water partition coefficient (Wildman–Crippen LogP) is 2.31. The zero-order chi connectivity index (χ0) is 11.6. The van der Waals surface area contributed by atoms with Crippen molar-refractivity contribution in [1.82, 2.24) is 4.90 Å². The van der Waals surface area contributed by atoms with E-state index in [1.54, 1.807) is 0 Å². The van der Waals surface area contributed by atoms with E-state index < -0.39 is 0 Å². The number of rotatable bonds is 4. The van der Waals surface area contributed by atoms with Gasteiger partial charge >= 0.3 is 0 Å². The Labute approximate surface area is 98.4 Å². The van der Waals surface area contributed by atoms with Crippen molar-refractivity contribution < 1.29 is 0 Å². The lowest BCUT2D eigenvalue weighted by Crippen LogP contribution is -2.54. The third-order valence-electron chi connectivity index (χ3n) is 3.47. The van der Waals surface area contributed by atoms with E-state index in [9.17, 15) is 0 Å². The van der Waals surface area contributed by atoms with Crippen molar-refractivity contribution in [2.75, 3.05) is 13.6 Å². The summed E-state index contributed by atoms with van der Waals surface area (Å²) in [5.41, 5.74) is 9.05. The summed E-state index contributed by atoms with van der Waals surface area (Å²) in [7, 11) is 2.16. The summed E-state index contributed by atoms with van der Waals surface area (Å²) in [6, 6.07) is 8.70. The lowest BCUT2D eigenvalue weighted by Gasteiger charge is -2.41. The molecular weight excluding hydrogens is 196 g/mol. The smallest absolute Gasteiger partial charge is 0.0283 e. The van der Waals surface area contributed by atoms with Crippen LogP contribution in [0.25, 0.3) is 0 Å². The second kappa shape index (κ2) is 4.56. The topological polar surface area (TPSA) is 29.3 Å². The highest BCUT2D eigenvalue weighted by molar-refractivity contribution is 5.22.